The van der Waals surface area contributed by atoms with E-state index in [9.17, 15) is 14.4 Å². The highest BCUT2D eigenvalue weighted by Gasteiger charge is 2.51. The van der Waals surface area contributed by atoms with Crippen molar-refractivity contribution in [2.24, 2.45) is 11.8 Å². The van der Waals surface area contributed by atoms with Gasteiger partial charge in [-0.25, -0.2) is 4.79 Å². The first kappa shape index (κ1) is 15.7. The summed E-state index contributed by atoms with van der Waals surface area (Å²) < 4.78 is 5.88. The van der Waals surface area contributed by atoms with E-state index in [1.54, 1.807) is 24.3 Å². The van der Waals surface area contributed by atoms with E-state index in [2.05, 4.69) is 21.2 Å². The van der Waals surface area contributed by atoms with Crippen molar-refractivity contribution < 1.29 is 19.1 Å². The van der Waals surface area contributed by atoms with Crippen LogP contribution < -0.4 is 10.1 Å². The van der Waals surface area contributed by atoms with Gasteiger partial charge in [0.1, 0.15) is 5.75 Å². The standard InChI is InChI=1S/C16H15BrN2O4/c1-19-14(20)10-7-8-11(17)13(12(10)15(19)21)18-16(22)23-9-5-3-2-4-6-9/h2-6,8,10,12-13H,7H2,1H3,(H,18,22)/t10-,12-,13+/m0/s1. The average molecular weight is 379 g/mol. The van der Waals surface area contributed by atoms with Gasteiger partial charge in [0.15, 0.2) is 0 Å². The average Bonchev–Trinajstić information content (AvgIpc) is 2.76. The predicted molar refractivity (Wildman–Crippen MR) is 85.8 cm³/mol. The number of allylic oxidation sites excluding steroid dienone is 1. The van der Waals surface area contributed by atoms with Crippen LogP contribution in [-0.4, -0.2) is 35.9 Å². The lowest BCUT2D eigenvalue weighted by Gasteiger charge is -2.29. The second kappa shape index (κ2) is 6.16. The maximum Gasteiger partial charge on any atom is 0.413 e. The van der Waals surface area contributed by atoms with Gasteiger partial charge in [0.2, 0.25) is 11.8 Å². The molecule has 1 saturated heterocycles. The maximum absolute atomic E-state index is 12.3. The fourth-order valence-corrected chi connectivity index (χ4v) is 3.56. The van der Waals surface area contributed by atoms with Crippen molar-refractivity contribution in [2.45, 2.75) is 12.5 Å². The second-order valence-corrected chi connectivity index (χ2v) is 6.43. The van der Waals surface area contributed by atoms with Crippen molar-refractivity contribution in [3.63, 3.8) is 0 Å². The lowest BCUT2D eigenvalue weighted by molar-refractivity contribution is -0.138. The molecule has 2 aliphatic rings. The Kier molecular flexibility index (Phi) is 4.21. The zero-order valence-corrected chi connectivity index (χ0v) is 13.9. The number of hydrogen-bond acceptors (Lipinski definition) is 4. The lowest BCUT2D eigenvalue weighted by atomic mass is 9.81. The van der Waals surface area contributed by atoms with Crippen LogP contribution in [0.15, 0.2) is 40.9 Å². The third kappa shape index (κ3) is 2.88. The number of ether oxygens (including phenoxy) is 1. The Hall–Kier alpha value is -2.15. The molecule has 0 spiro atoms. The molecule has 3 rings (SSSR count). The van der Waals surface area contributed by atoms with Crippen LogP contribution in [-0.2, 0) is 9.59 Å². The fourth-order valence-electron chi connectivity index (χ4n) is 2.98. The van der Waals surface area contributed by atoms with Gasteiger partial charge >= 0.3 is 6.09 Å². The molecule has 7 heteroatoms. The highest BCUT2D eigenvalue weighted by atomic mass is 79.9. The molecule has 3 atom stereocenters. The minimum absolute atomic E-state index is 0.209. The van der Waals surface area contributed by atoms with Crippen molar-refractivity contribution in [3.8, 4) is 5.75 Å². The molecule has 0 bridgehead atoms. The van der Waals surface area contributed by atoms with Crippen molar-refractivity contribution in [1.29, 1.82) is 0 Å². The molecule has 1 aliphatic heterocycles. The fraction of sp³-hybridized carbons (Fsp3) is 0.312. The van der Waals surface area contributed by atoms with Crippen LogP contribution >= 0.6 is 15.9 Å². The molecule has 3 amide bonds. The van der Waals surface area contributed by atoms with Gasteiger partial charge < -0.3 is 10.1 Å². The van der Waals surface area contributed by atoms with Gasteiger partial charge in [-0.15, -0.1) is 0 Å². The molecule has 23 heavy (non-hydrogen) atoms. The SMILES string of the molecule is CN1C(=O)[C@H]2[C@H](CC=C(Br)[C@H]2NC(=O)Oc2ccccc2)C1=O. The first-order valence-corrected chi connectivity index (χ1v) is 7.98. The largest absolute Gasteiger partial charge is 0.413 e. The Bertz CT molecular complexity index is 689. The van der Waals surface area contributed by atoms with E-state index in [0.717, 1.165) is 4.90 Å². The molecular weight excluding hydrogens is 364 g/mol. The summed E-state index contributed by atoms with van der Waals surface area (Å²) in [6, 6.07) is 8.03. The van der Waals surface area contributed by atoms with Gasteiger partial charge in [-0.2, -0.15) is 0 Å². The van der Waals surface area contributed by atoms with Gasteiger partial charge in [-0.05, 0) is 18.6 Å². The summed E-state index contributed by atoms with van der Waals surface area (Å²) in [5.74, 6) is -1.12. The molecule has 1 aromatic rings. The van der Waals surface area contributed by atoms with E-state index in [1.165, 1.54) is 7.05 Å². The van der Waals surface area contributed by atoms with E-state index in [0.29, 0.717) is 16.7 Å². The maximum atomic E-state index is 12.3. The van der Waals surface area contributed by atoms with Gasteiger partial charge in [-0.1, -0.05) is 40.2 Å². The Morgan fingerprint density at radius 1 is 1.26 bits per heavy atom. The van der Waals surface area contributed by atoms with Crippen LogP contribution in [0.4, 0.5) is 4.79 Å². The number of fused-ring (bicyclic) bond motifs is 1. The zero-order chi connectivity index (χ0) is 16.6. The van der Waals surface area contributed by atoms with Crippen LogP contribution in [0.2, 0.25) is 0 Å². The monoisotopic (exact) mass is 378 g/mol. The molecule has 0 unspecified atom stereocenters. The number of benzene rings is 1. The quantitative estimate of drug-likeness (QED) is 0.799. The molecular formula is C16H15BrN2O4. The number of nitrogens with one attached hydrogen (secondary N) is 1. The van der Waals surface area contributed by atoms with Crippen molar-refractivity contribution >= 4 is 33.8 Å². The minimum Gasteiger partial charge on any atom is -0.410 e. The van der Waals surface area contributed by atoms with Crippen LogP contribution in [0, 0.1) is 11.8 Å². The first-order valence-electron chi connectivity index (χ1n) is 7.19. The summed E-state index contributed by atoms with van der Waals surface area (Å²) in [6.07, 6.45) is 1.63. The number of likely N-dealkylation sites (tertiary alicyclic amines) is 1. The van der Waals surface area contributed by atoms with E-state index >= 15 is 0 Å². The molecule has 1 aliphatic carbocycles. The minimum atomic E-state index is -0.665. The molecule has 1 N–H and O–H groups in total. The van der Waals surface area contributed by atoms with E-state index in [4.69, 9.17) is 4.74 Å². The summed E-state index contributed by atoms with van der Waals surface area (Å²) in [4.78, 5) is 37.6. The number of halogens is 1. The van der Waals surface area contributed by atoms with Crippen LogP contribution in [0.3, 0.4) is 0 Å². The number of amides is 3. The van der Waals surface area contributed by atoms with Gasteiger partial charge in [0.25, 0.3) is 0 Å². The highest BCUT2D eigenvalue weighted by molar-refractivity contribution is 9.11. The van der Waals surface area contributed by atoms with Crippen LogP contribution in [0.5, 0.6) is 5.75 Å². The molecule has 1 aromatic carbocycles. The summed E-state index contributed by atoms with van der Waals surface area (Å²) in [6.45, 7) is 0. The smallest absolute Gasteiger partial charge is 0.410 e. The summed E-state index contributed by atoms with van der Waals surface area (Å²) >= 11 is 3.38. The Morgan fingerprint density at radius 3 is 2.65 bits per heavy atom. The Labute approximate surface area is 141 Å². The number of carbonyl (C=O) groups is 3. The molecule has 0 saturated carbocycles. The normalized spacial score (nSPS) is 26.6. The summed E-state index contributed by atoms with van der Waals surface area (Å²) in [7, 11) is 1.47. The highest BCUT2D eigenvalue weighted by Crippen LogP contribution is 2.39. The molecule has 6 nitrogen and oxygen atoms in total. The van der Waals surface area contributed by atoms with Crippen molar-refractivity contribution in [2.75, 3.05) is 7.05 Å². The molecule has 1 fully saturated rings. The van der Waals surface area contributed by atoms with Crippen LogP contribution in [0.25, 0.3) is 0 Å². The topological polar surface area (TPSA) is 75.7 Å². The van der Waals surface area contributed by atoms with Crippen LogP contribution in [0.1, 0.15) is 6.42 Å². The number of imide groups is 1. The molecule has 0 aromatic heterocycles. The van der Waals surface area contributed by atoms with Crippen molar-refractivity contribution in [1.82, 2.24) is 10.2 Å². The van der Waals surface area contributed by atoms with E-state index in [-0.39, 0.29) is 11.8 Å². The molecule has 1 heterocycles. The summed E-state index contributed by atoms with van der Waals surface area (Å²) in [5, 5.41) is 2.68. The Balaban J connectivity index is 1.76. The van der Waals surface area contributed by atoms with Gasteiger partial charge in [0.05, 0.1) is 17.9 Å². The number of carbonyl (C=O) groups excluding carboxylic acids is 3. The number of rotatable bonds is 2. The molecule has 120 valence electrons. The third-order valence-electron chi connectivity index (χ3n) is 4.15. The number of hydrogen-bond donors (Lipinski definition) is 1. The van der Waals surface area contributed by atoms with Gasteiger partial charge in [-0.3, -0.25) is 14.5 Å². The zero-order valence-electron chi connectivity index (χ0n) is 12.4. The van der Waals surface area contributed by atoms with Gasteiger partial charge in [0, 0.05) is 11.5 Å². The Morgan fingerprint density at radius 2 is 1.96 bits per heavy atom. The predicted octanol–water partition coefficient (Wildman–Crippen LogP) is 2.06. The first-order chi connectivity index (χ1) is 11.0. The molecule has 0 radical (unpaired) electrons. The summed E-state index contributed by atoms with van der Waals surface area (Å²) in [5.41, 5.74) is 0. The third-order valence-corrected chi connectivity index (χ3v) is 4.96. The van der Waals surface area contributed by atoms with E-state index in [1.807, 2.05) is 12.1 Å². The second-order valence-electron chi connectivity index (χ2n) is 5.52. The van der Waals surface area contributed by atoms with E-state index < -0.39 is 24.0 Å². The lowest BCUT2D eigenvalue weighted by Crippen LogP contribution is -2.47. The number of nitrogens with zero attached hydrogens (tertiary/aromatic N) is 1. The van der Waals surface area contributed by atoms with Crippen molar-refractivity contribution in [3.05, 3.63) is 40.9 Å². The number of para-hydroxylation sites is 1.